The maximum atomic E-state index is 12.5. The van der Waals surface area contributed by atoms with Gasteiger partial charge in [0.25, 0.3) is 5.91 Å². The maximum absolute atomic E-state index is 12.5. The Morgan fingerprint density at radius 1 is 1.17 bits per heavy atom. The first kappa shape index (κ1) is 18.4. The van der Waals surface area contributed by atoms with Crippen LogP contribution in [0.3, 0.4) is 0 Å². The normalized spacial score (nSPS) is 14.2. The van der Waals surface area contributed by atoms with Crippen LogP contribution in [0, 0.1) is 19.8 Å². The fourth-order valence-electron chi connectivity index (χ4n) is 2.26. The van der Waals surface area contributed by atoms with Crippen molar-refractivity contribution < 1.29 is 14.4 Å². The van der Waals surface area contributed by atoms with Crippen LogP contribution in [0.5, 0.6) is 0 Å². The third-order valence-electron chi connectivity index (χ3n) is 3.72. The van der Waals surface area contributed by atoms with E-state index < -0.39 is 0 Å². The summed E-state index contributed by atoms with van der Waals surface area (Å²) in [5, 5.41) is 8.86. The number of thiophene rings is 1. The smallest absolute Gasteiger partial charge is 0.255 e. The summed E-state index contributed by atoms with van der Waals surface area (Å²) in [6, 6.07) is 0. The van der Waals surface area contributed by atoms with Crippen LogP contribution in [0.25, 0.3) is 0 Å². The summed E-state index contributed by atoms with van der Waals surface area (Å²) in [5.74, 6) is -0.548. The average molecular weight is 351 g/mol. The van der Waals surface area contributed by atoms with Crippen LogP contribution in [0.1, 0.15) is 54.4 Å². The minimum Gasteiger partial charge on any atom is -0.350 e. The van der Waals surface area contributed by atoms with Gasteiger partial charge in [-0.05, 0) is 53.0 Å². The molecule has 0 saturated heterocycles. The number of nitrogens with one attached hydrogen (secondary N) is 3. The second-order valence-electron chi connectivity index (χ2n) is 7.23. The summed E-state index contributed by atoms with van der Waals surface area (Å²) in [4.78, 5) is 37.3. The van der Waals surface area contributed by atoms with Crippen molar-refractivity contribution in [2.45, 2.75) is 53.0 Å². The van der Waals surface area contributed by atoms with Crippen molar-refractivity contribution in [3.63, 3.8) is 0 Å². The first-order valence-corrected chi connectivity index (χ1v) is 8.90. The highest BCUT2D eigenvalue weighted by atomic mass is 32.1. The Morgan fingerprint density at radius 3 is 2.33 bits per heavy atom. The number of carbonyl (C=O) groups is 3. The Morgan fingerprint density at radius 2 is 1.79 bits per heavy atom. The molecule has 0 aromatic carbocycles. The van der Waals surface area contributed by atoms with Crippen LogP contribution in [0.4, 0.5) is 5.00 Å². The quantitative estimate of drug-likeness (QED) is 0.761. The van der Waals surface area contributed by atoms with Crippen LogP contribution in [0.2, 0.25) is 0 Å². The van der Waals surface area contributed by atoms with E-state index in [0.29, 0.717) is 10.6 Å². The Balaban J connectivity index is 2.05. The van der Waals surface area contributed by atoms with Crippen LogP contribution in [-0.4, -0.2) is 29.8 Å². The van der Waals surface area contributed by atoms with E-state index in [1.807, 2.05) is 34.6 Å². The molecule has 0 bridgehead atoms. The molecule has 1 aromatic rings. The van der Waals surface area contributed by atoms with E-state index in [1.165, 1.54) is 11.3 Å². The van der Waals surface area contributed by atoms with Gasteiger partial charge in [0.05, 0.1) is 12.1 Å². The van der Waals surface area contributed by atoms with Gasteiger partial charge < -0.3 is 16.0 Å². The molecule has 1 heterocycles. The first-order valence-electron chi connectivity index (χ1n) is 8.08. The van der Waals surface area contributed by atoms with E-state index in [1.54, 1.807) is 0 Å². The van der Waals surface area contributed by atoms with Gasteiger partial charge in [-0.2, -0.15) is 0 Å². The van der Waals surface area contributed by atoms with Crippen molar-refractivity contribution in [1.29, 1.82) is 0 Å². The predicted molar refractivity (Wildman–Crippen MR) is 95.4 cm³/mol. The third-order valence-corrected chi connectivity index (χ3v) is 4.84. The van der Waals surface area contributed by atoms with Crippen molar-refractivity contribution in [1.82, 2.24) is 10.6 Å². The molecule has 0 spiro atoms. The van der Waals surface area contributed by atoms with Gasteiger partial charge in [0, 0.05) is 16.3 Å². The van der Waals surface area contributed by atoms with Gasteiger partial charge in [-0.25, -0.2) is 0 Å². The minimum absolute atomic E-state index is 0.0317. The standard InChI is InChI=1S/C17H25N3O3S/c1-9-10(2)24-16(19-14(22)11-6-7-11)13(9)15(23)18-8-12(21)20-17(3,4)5/h11H,6-8H2,1-5H3,(H,18,23)(H,19,22)(H,20,21). The molecule has 6 nitrogen and oxygen atoms in total. The highest BCUT2D eigenvalue weighted by Gasteiger charge is 2.31. The molecular weight excluding hydrogens is 326 g/mol. The van der Waals surface area contributed by atoms with E-state index in [-0.39, 0.29) is 35.7 Å². The topological polar surface area (TPSA) is 87.3 Å². The summed E-state index contributed by atoms with van der Waals surface area (Å²) < 4.78 is 0. The van der Waals surface area contributed by atoms with Crippen molar-refractivity contribution in [3.8, 4) is 0 Å². The Bertz CT molecular complexity index is 669. The van der Waals surface area contributed by atoms with Gasteiger partial charge >= 0.3 is 0 Å². The van der Waals surface area contributed by atoms with Crippen LogP contribution >= 0.6 is 11.3 Å². The molecule has 0 radical (unpaired) electrons. The van der Waals surface area contributed by atoms with Gasteiger partial charge in [-0.1, -0.05) is 0 Å². The molecule has 0 atom stereocenters. The van der Waals surface area contributed by atoms with E-state index >= 15 is 0 Å². The van der Waals surface area contributed by atoms with Crippen molar-refractivity contribution in [2.75, 3.05) is 11.9 Å². The van der Waals surface area contributed by atoms with Crippen molar-refractivity contribution >= 4 is 34.1 Å². The van der Waals surface area contributed by atoms with Crippen molar-refractivity contribution in [3.05, 3.63) is 16.0 Å². The van der Waals surface area contributed by atoms with Crippen LogP contribution in [-0.2, 0) is 9.59 Å². The lowest BCUT2D eigenvalue weighted by Gasteiger charge is -2.20. The molecule has 0 aliphatic heterocycles. The summed E-state index contributed by atoms with van der Waals surface area (Å²) >= 11 is 1.39. The predicted octanol–water partition coefficient (Wildman–Crippen LogP) is 2.36. The number of carbonyl (C=O) groups excluding carboxylic acids is 3. The molecule has 1 saturated carbocycles. The second kappa shape index (κ2) is 6.93. The maximum Gasteiger partial charge on any atom is 0.255 e. The fourth-order valence-corrected chi connectivity index (χ4v) is 3.32. The summed E-state index contributed by atoms with van der Waals surface area (Å²) in [7, 11) is 0. The summed E-state index contributed by atoms with van der Waals surface area (Å²) in [5.41, 5.74) is 0.940. The molecule has 1 aliphatic carbocycles. The minimum atomic E-state index is -0.347. The van der Waals surface area contributed by atoms with Crippen LogP contribution < -0.4 is 16.0 Å². The van der Waals surface area contributed by atoms with Gasteiger partial charge in [0.2, 0.25) is 11.8 Å². The molecule has 7 heteroatoms. The lowest BCUT2D eigenvalue weighted by Crippen LogP contribution is -2.45. The SMILES string of the molecule is Cc1sc(NC(=O)C2CC2)c(C(=O)NCC(=O)NC(C)(C)C)c1C. The fraction of sp³-hybridized carbons (Fsp3) is 0.588. The zero-order valence-corrected chi connectivity index (χ0v) is 15.6. The Kier molecular flexibility index (Phi) is 5.32. The number of hydrogen-bond donors (Lipinski definition) is 3. The average Bonchev–Trinajstić information content (AvgIpc) is 3.23. The first-order chi connectivity index (χ1) is 11.1. The molecule has 1 aliphatic rings. The molecule has 24 heavy (non-hydrogen) atoms. The largest absolute Gasteiger partial charge is 0.350 e. The number of anilines is 1. The lowest BCUT2D eigenvalue weighted by molar-refractivity contribution is -0.121. The molecule has 3 amide bonds. The summed E-state index contributed by atoms with van der Waals surface area (Å²) in [6.45, 7) is 9.30. The highest BCUT2D eigenvalue weighted by molar-refractivity contribution is 7.16. The number of amides is 3. The number of rotatable bonds is 5. The van der Waals surface area contributed by atoms with Gasteiger partial charge in [-0.15, -0.1) is 11.3 Å². The molecule has 1 aromatic heterocycles. The molecule has 1 fully saturated rings. The van der Waals surface area contributed by atoms with E-state index in [0.717, 1.165) is 23.3 Å². The molecular formula is C17H25N3O3S. The molecule has 2 rings (SSSR count). The molecule has 0 unspecified atom stereocenters. The highest BCUT2D eigenvalue weighted by Crippen LogP contribution is 2.35. The third kappa shape index (κ3) is 4.80. The van der Waals surface area contributed by atoms with E-state index in [9.17, 15) is 14.4 Å². The number of hydrogen-bond acceptors (Lipinski definition) is 4. The van der Waals surface area contributed by atoms with Crippen molar-refractivity contribution in [2.24, 2.45) is 5.92 Å². The Labute approximate surface area is 146 Å². The zero-order valence-electron chi connectivity index (χ0n) is 14.8. The molecule has 132 valence electrons. The Hall–Kier alpha value is -1.89. The monoisotopic (exact) mass is 351 g/mol. The van der Waals surface area contributed by atoms with E-state index in [2.05, 4.69) is 16.0 Å². The second-order valence-corrected chi connectivity index (χ2v) is 8.46. The van der Waals surface area contributed by atoms with Gasteiger partial charge in [0.15, 0.2) is 0 Å². The number of aryl methyl sites for hydroxylation is 1. The molecule has 3 N–H and O–H groups in total. The zero-order chi connectivity index (χ0) is 18.1. The van der Waals surface area contributed by atoms with Gasteiger partial charge in [-0.3, -0.25) is 14.4 Å². The van der Waals surface area contributed by atoms with E-state index in [4.69, 9.17) is 0 Å². The lowest BCUT2D eigenvalue weighted by atomic mass is 10.1. The van der Waals surface area contributed by atoms with Gasteiger partial charge in [0.1, 0.15) is 5.00 Å². The van der Waals surface area contributed by atoms with Crippen LogP contribution in [0.15, 0.2) is 0 Å². The summed E-state index contributed by atoms with van der Waals surface area (Å²) in [6.07, 6.45) is 1.81.